The third-order valence-electron chi connectivity index (χ3n) is 6.25. The lowest BCUT2D eigenvalue weighted by Gasteiger charge is -2.28. The SMILES string of the molecule is O=C(O)CC1CCC(c2ccc(-c3cc(OCC4CCCCO4)n[nH]3)cc2)CC1. The van der Waals surface area contributed by atoms with E-state index in [1.807, 2.05) is 6.07 Å². The molecular weight excluding hydrogens is 368 g/mol. The molecule has 0 radical (unpaired) electrons. The summed E-state index contributed by atoms with van der Waals surface area (Å²) in [6, 6.07) is 10.6. The Labute approximate surface area is 171 Å². The lowest BCUT2D eigenvalue weighted by atomic mass is 9.77. The fourth-order valence-electron chi connectivity index (χ4n) is 4.52. The minimum atomic E-state index is -0.674. The van der Waals surface area contributed by atoms with Gasteiger partial charge in [0, 0.05) is 19.1 Å². The molecule has 2 aromatic rings. The second kappa shape index (κ2) is 9.44. The predicted molar refractivity (Wildman–Crippen MR) is 110 cm³/mol. The number of rotatable bonds is 7. The van der Waals surface area contributed by atoms with E-state index in [4.69, 9.17) is 14.6 Å². The molecular formula is C23H30N2O4. The molecule has 4 rings (SSSR count). The molecule has 29 heavy (non-hydrogen) atoms. The number of benzene rings is 1. The van der Waals surface area contributed by atoms with Gasteiger partial charge >= 0.3 is 5.97 Å². The zero-order valence-electron chi connectivity index (χ0n) is 16.8. The van der Waals surface area contributed by atoms with Crippen LogP contribution in [0.2, 0.25) is 0 Å². The van der Waals surface area contributed by atoms with Gasteiger partial charge in [0.1, 0.15) is 6.61 Å². The van der Waals surface area contributed by atoms with E-state index in [0.717, 1.165) is 56.4 Å². The fourth-order valence-corrected chi connectivity index (χ4v) is 4.52. The van der Waals surface area contributed by atoms with E-state index in [9.17, 15) is 4.79 Å². The molecule has 2 fully saturated rings. The van der Waals surface area contributed by atoms with Crippen LogP contribution in [0.5, 0.6) is 5.88 Å². The average molecular weight is 399 g/mol. The number of hydrogen-bond donors (Lipinski definition) is 2. The summed E-state index contributed by atoms with van der Waals surface area (Å²) in [6.45, 7) is 1.38. The number of H-pyrrole nitrogens is 1. The van der Waals surface area contributed by atoms with Crippen molar-refractivity contribution in [3.05, 3.63) is 35.9 Å². The molecule has 2 aliphatic rings. The molecule has 1 atom stereocenters. The van der Waals surface area contributed by atoms with Crippen LogP contribution in [-0.4, -0.2) is 40.6 Å². The highest BCUT2D eigenvalue weighted by Crippen LogP contribution is 2.37. The number of carboxylic acids is 1. The van der Waals surface area contributed by atoms with Crippen molar-refractivity contribution in [1.29, 1.82) is 0 Å². The summed E-state index contributed by atoms with van der Waals surface area (Å²) >= 11 is 0. The van der Waals surface area contributed by atoms with Crippen LogP contribution >= 0.6 is 0 Å². The van der Waals surface area contributed by atoms with E-state index in [0.29, 0.717) is 30.7 Å². The number of hydrogen-bond acceptors (Lipinski definition) is 4. The summed E-state index contributed by atoms with van der Waals surface area (Å²) in [5.74, 6) is 0.803. The van der Waals surface area contributed by atoms with Gasteiger partial charge in [0.05, 0.1) is 11.8 Å². The molecule has 1 saturated carbocycles. The maximum atomic E-state index is 10.9. The van der Waals surface area contributed by atoms with Crippen LogP contribution in [0.25, 0.3) is 11.3 Å². The molecule has 156 valence electrons. The first-order chi connectivity index (χ1) is 14.2. The van der Waals surface area contributed by atoms with Crippen molar-refractivity contribution in [3.63, 3.8) is 0 Å². The van der Waals surface area contributed by atoms with Gasteiger partial charge in [-0.3, -0.25) is 9.89 Å². The Bertz CT molecular complexity index is 787. The van der Waals surface area contributed by atoms with Gasteiger partial charge in [-0.05, 0) is 67.9 Å². The van der Waals surface area contributed by atoms with Crippen molar-refractivity contribution in [2.45, 2.75) is 63.4 Å². The number of nitrogens with zero attached hydrogens (tertiary/aromatic N) is 1. The van der Waals surface area contributed by atoms with E-state index < -0.39 is 5.97 Å². The van der Waals surface area contributed by atoms with Crippen LogP contribution in [0.3, 0.4) is 0 Å². The Morgan fingerprint density at radius 3 is 2.62 bits per heavy atom. The van der Waals surface area contributed by atoms with Gasteiger partial charge in [-0.1, -0.05) is 24.3 Å². The van der Waals surface area contributed by atoms with Gasteiger partial charge in [-0.25, -0.2) is 0 Å². The lowest BCUT2D eigenvalue weighted by Crippen LogP contribution is -2.25. The Balaban J connectivity index is 1.30. The highest BCUT2D eigenvalue weighted by molar-refractivity contribution is 5.67. The van der Waals surface area contributed by atoms with Gasteiger partial charge < -0.3 is 14.6 Å². The molecule has 2 heterocycles. The molecule has 1 saturated heterocycles. The molecule has 1 aromatic carbocycles. The van der Waals surface area contributed by atoms with Crippen molar-refractivity contribution < 1.29 is 19.4 Å². The van der Waals surface area contributed by atoms with Crippen LogP contribution in [0.4, 0.5) is 0 Å². The van der Waals surface area contributed by atoms with Crippen LogP contribution < -0.4 is 4.74 Å². The minimum Gasteiger partial charge on any atom is -0.481 e. The number of ether oxygens (including phenoxy) is 2. The van der Waals surface area contributed by atoms with Gasteiger partial charge in [0.25, 0.3) is 0 Å². The number of nitrogens with one attached hydrogen (secondary N) is 1. The summed E-state index contributed by atoms with van der Waals surface area (Å²) in [4.78, 5) is 10.9. The normalized spacial score (nSPS) is 24.9. The standard InChI is InChI=1S/C23H30N2O4/c26-23(27)13-16-4-6-17(7-5-16)18-8-10-19(11-9-18)21-14-22(25-24-21)29-15-20-3-1-2-12-28-20/h8-11,14,16-17,20H,1-7,12-13,15H2,(H,24,25)(H,26,27). The number of carbonyl (C=O) groups is 1. The topological polar surface area (TPSA) is 84.4 Å². The lowest BCUT2D eigenvalue weighted by molar-refractivity contribution is -0.138. The maximum Gasteiger partial charge on any atom is 0.303 e. The Hall–Kier alpha value is -2.34. The largest absolute Gasteiger partial charge is 0.481 e. The van der Waals surface area contributed by atoms with Gasteiger partial charge in [-0.2, -0.15) is 0 Å². The minimum absolute atomic E-state index is 0.175. The number of aromatic amines is 1. The van der Waals surface area contributed by atoms with Crippen LogP contribution in [-0.2, 0) is 9.53 Å². The monoisotopic (exact) mass is 398 g/mol. The van der Waals surface area contributed by atoms with Crippen LogP contribution in [0.1, 0.15) is 62.8 Å². The highest BCUT2D eigenvalue weighted by atomic mass is 16.5. The Morgan fingerprint density at radius 1 is 1.14 bits per heavy atom. The van der Waals surface area contributed by atoms with Gasteiger partial charge in [-0.15, -0.1) is 5.10 Å². The summed E-state index contributed by atoms with van der Waals surface area (Å²) in [5, 5.41) is 16.3. The molecule has 0 spiro atoms. The number of aromatic nitrogens is 2. The van der Waals surface area contributed by atoms with Crippen molar-refractivity contribution in [2.75, 3.05) is 13.2 Å². The molecule has 0 bridgehead atoms. The van der Waals surface area contributed by atoms with E-state index in [2.05, 4.69) is 34.5 Å². The third kappa shape index (κ3) is 5.38. The summed E-state index contributed by atoms with van der Waals surface area (Å²) < 4.78 is 11.5. The fraction of sp³-hybridized carbons (Fsp3) is 0.565. The van der Waals surface area contributed by atoms with E-state index in [1.165, 1.54) is 12.0 Å². The van der Waals surface area contributed by atoms with Crippen molar-refractivity contribution in [1.82, 2.24) is 10.2 Å². The van der Waals surface area contributed by atoms with Gasteiger partial charge in [0.15, 0.2) is 0 Å². The zero-order valence-corrected chi connectivity index (χ0v) is 16.8. The molecule has 1 unspecified atom stereocenters. The zero-order chi connectivity index (χ0) is 20.1. The van der Waals surface area contributed by atoms with Crippen LogP contribution in [0, 0.1) is 5.92 Å². The molecule has 6 heteroatoms. The van der Waals surface area contributed by atoms with E-state index in [1.54, 1.807) is 0 Å². The molecule has 6 nitrogen and oxygen atoms in total. The summed E-state index contributed by atoms with van der Waals surface area (Å²) in [7, 11) is 0. The first-order valence-electron chi connectivity index (χ1n) is 10.8. The first kappa shape index (κ1) is 20.0. The third-order valence-corrected chi connectivity index (χ3v) is 6.25. The molecule has 1 aliphatic heterocycles. The van der Waals surface area contributed by atoms with Crippen molar-refractivity contribution >= 4 is 5.97 Å². The van der Waals surface area contributed by atoms with Gasteiger partial charge in [0.2, 0.25) is 5.88 Å². The predicted octanol–water partition coefficient (Wildman–Crippen LogP) is 4.77. The number of carboxylic acid groups (broad SMARTS) is 1. The molecule has 0 amide bonds. The second-order valence-electron chi connectivity index (χ2n) is 8.36. The smallest absolute Gasteiger partial charge is 0.303 e. The Kier molecular flexibility index (Phi) is 6.49. The van der Waals surface area contributed by atoms with Crippen LogP contribution in [0.15, 0.2) is 30.3 Å². The van der Waals surface area contributed by atoms with E-state index >= 15 is 0 Å². The van der Waals surface area contributed by atoms with E-state index in [-0.39, 0.29) is 6.10 Å². The first-order valence-corrected chi connectivity index (χ1v) is 10.8. The average Bonchev–Trinajstić information content (AvgIpc) is 3.22. The molecule has 1 aromatic heterocycles. The maximum absolute atomic E-state index is 10.9. The van der Waals surface area contributed by atoms with Crippen molar-refractivity contribution in [2.24, 2.45) is 5.92 Å². The Morgan fingerprint density at radius 2 is 1.93 bits per heavy atom. The summed E-state index contributed by atoms with van der Waals surface area (Å²) in [6.07, 6.45) is 8.03. The summed E-state index contributed by atoms with van der Waals surface area (Å²) in [5.41, 5.74) is 3.37. The molecule has 2 N–H and O–H groups in total. The van der Waals surface area contributed by atoms with Crippen molar-refractivity contribution in [3.8, 4) is 17.1 Å². The quantitative estimate of drug-likeness (QED) is 0.702. The molecule has 1 aliphatic carbocycles. The second-order valence-corrected chi connectivity index (χ2v) is 8.36. The highest BCUT2D eigenvalue weighted by Gasteiger charge is 2.24. The number of aliphatic carboxylic acids is 1.